The van der Waals surface area contributed by atoms with Crippen molar-refractivity contribution in [2.24, 2.45) is 0 Å². The van der Waals surface area contributed by atoms with Crippen molar-refractivity contribution in [3.8, 4) is 5.69 Å². The Kier molecular flexibility index (Phi) is 2.08. The predicted molar refractivity (Wildman–Crippen MR) is 55.6 cm³/mol. The Morgan fingerprint density at radius 1 is 0.929 bits per heavy atom. The first-order chi connectivity index (χ1) is 6.68. The van der Waals surface area contributed by atoms with Gasteiger partial charge in [-0.2, -0.15) is 0 Å². The summed E-state index contributed by atoms with van der Waals surface area (Å²) in [5, 5.41) is 7.63. The number of hydrogen-bond donors (Lipinski definition) is 0. The summed E-state index contributed by atoms with van der Waals surface area (Å²) in [5.41, 5.74) is 4.97. The Hall–Kier alpha value is -1.64. The number of aromatic nitrogens is 3. The van der Waals surface area contributed by atoms with Gasteiger partial charge in [-0.15, -0.1) is 10.2 Å². The van der Waals surface area contributed by atoms with Crippen molar-refractivity contribution in [2.75, 3.05) is 0 Å². The molecule has 0 unspecified atom stereocenters. The van der Waals surface area contributed by atoms with E-state index in [1.165, 1.54) is 22.4 Å². The first-order valence-electron chi connectivity index (χ1n) is 4.61. The standard InChI is InChI=1S/C11H13N3/c1-8-4-9(2)11(10(3)5-8)14-6-12-13-7-14/h4-7H,1-3H3. The maximum absolute atomic E-state index is 3.82. The van der Waals surface area contributed by atoms with E-state index < -0.39 is 0 Å². The molecule has 3 nitrogen and oxygen atoms in total. The molecule has 3 heteroatoms. The van der Waals surface area contributed by atoms with Crippen molar-refractivity contribution in [1.29, 1.82) is 0 Å². The normalized spacial score (nSPS) is 10.5. The van der Waals surface area contributed by atoms with E-state index >= 15 is 0 Å². The Labute approximate surface area is 83.4 Å². The minimum atomic E-state index is 1.18. The first-order valence-corrected chi connectivity index (χ1v) is 4.61. The minimum Gasteiger partial charge on any atom is -0.288 e. The van der Waals surface area contributed by atoms with Gasteiger partial charge < -0.3 is 0 Å². The van der Waals surface area contributed by atoms with Crippen LogP contribution in [0.4, 0.5) is 0 Å². The number of hydrogen-bond acceptors (Lipinski definition) is 2. The number of nitrogens with zero attached hydrogens (tertiary/aromatic N) is 3. The Balaban J connectivity index is 2.64. The lowest BCUT2D eigenvalue weighted by atomic mass is 10.1. The molecule has 72 valence electrons. The Morgan fingerprint density at radius 2 is 1.43 bits per heavy atom. The zero-order chi connectivity index (χ0) is 10.1. The van der Waals surface area contributed by atoms with Crippen LogP contribution in [-0.4, -0.2) is 14.8 Å². The van der Waals surface area contributed by atoms with Crippen LogP contribution in [0.1, 0.15) is 16.7 Å². The lowest BCUT2D eigenvalue weighted by molar-refractivity contribution is 1.02. The molecule has 0 aliphatic carbocycles. The summed E-state index contributed by atoms with van der Waals surface area (Å²) in [6.45, 7) is 6.32. The summed E-state index contributed by atoms with van der Waals surface area (Å²) < 4.78 is 1.95. The van der Waals surface area contributed by atoms with E-state index in [4.69, 9.17) is 0 Å². The third-order valence-electron chi connectivity index (χ3n) is 2.31. The summed E-state index contributed by atoms with van der Waals surface area (Å²) in [7, 11) is 0. The number of aryl methyl sites for hydroxylation is 3. The quantitative estimate of drug-likeness (QED) is 0.685. The Morgan fingerprint density at radius 3 is 1.93 bits per heavy atom. The van der Waals surface area contributed by atoms with Gasteiger partial charge in [-0.25, -0.2) is 0 Å². The van der Waals surface area contributed by atoms with Crippen molar-refractivity contribution < 1.29 is 0 Å². The maximum atomic E-state index is 3.82. The second-order valence-corrected chi connectivity index (χ2v) is 3.62. The van der Waals surface area contributed by atoms with E-state index in [2.05, 4.69) is 43.1 Å². The van der Waals surface area contributed by atoms with Crippen LogP contribution < -0.4 is 0 Å². The summed E-state index contributed by atoms with van der Waals surface area (Å²) in [4.78, 5) is 0. The molecule has 0 atom stereocenters. The topological polar surface area (TPSA) is 30.7 Å². The predicted octanol–water partition coefficient (Wildman–Crippen LogP) is 2.19. The van der Waals surface area contributed by atoms with Gasteiger partial charge in [-0.3, -0.25) is 4.57 Å². The fourth-order valence-corrected chi connectivity index (χ4v) is 1.90. The lowest BCUT2D eigenvalue weighted by Gasteiger charge is -2.10. The highest BCUT2D eigenvalue weighted by Gasteiger charge is 2.05. The van der Waals surface area contributed by atoms with Gasteiger partial charge in [0.05, 0.1) is 5.69 Å². The molecule has 0 fully saturated rings. The number of benzene rings is 1. The summed E-state index contributed by atoms with van der Waals surface area (Å²) in [5.74, 6) is 0. The minimum absolute atomic E-state index is 1.18. The molecule has 0 radical (unpaired) electrons. The molecule has 0 saturated heterocycles. The SMILES string of the molecule is Cc1cc(C)c(-n2cnnc2)c(C)c1. The molecule has 1 aromatic carbocycles. The molecule has 0 amide bonds. The second-order valence-electron chi connectivity index (χ2n) is 3.62. The summed E-state index contributed by atoms with van der Waals surface area (Å²) in [6.07, 6.45) is 3.45. The van der Waals surface area contributed by atoms with Crippen LogP contribution in [0, 0.1) is 20.8 Å². The summed E-state index contributed by atoms with van der Waals surface area (Å²) >= 11 is 0. The van der Waals surface area contributed by atoms with Crippen LogP contribution in [0.2, 0.25) is 0 Å². The third-order valence-corrected chi connectivity index (χ3v) is 2.31. The van der Waals surface area contributed by atoms with E-state index in [0.29, 0.717) is 0 Å². The van der Waals surface area contributed by atoms with Gasteiger partial charge in [0.1, 0.15) is 12.7 Å². The van der Waals surface area contributed by atoms with Crippen LogP contribution >= 0.6 is 0 Å². The van der Waals surface area contributed by atoms with Crippen molar-refractivity contribution in [3.63, 3.8) is 0 Å². The van der Waals surface area contributed by atoms with Gasteiger partial charge in [0.25, 0.3) is 0 Å². The molecule has 2 aromatic rings. The van der Waals surface area contributed by atoms with Gasteiger partial charge in [-0.1, -0.05) is 17.7 Å². The van der Waals surface area contributed by atoms with Gasteiger partial charge in [0.15, 0.2) is 0 Å². The highest BCUT2D eigenvalue weighted by molar-refractivity contribution is 5.48. The van der Waals surface area contributed by atoms with Crippen molar-refractivity contribution in [2.45, 2.75) is 20.8 Å². The van der Waals surface area contributed by atoms with E-state index in [-0.39, 0.29) is 0 Å². The molecular weight excluding hydrogens is 174 g/mol. The van der Waals surface area contributed by atoms with Crippen LogP contribution in [-0.2, 0) is 0 Å². The molecule has 0 saturated carbocycles. The van der Waals surface area contributed by atoms with Crippen LogP contribution in [0.5, 0.6) is 0 Å². The van der Waals surface area contributed by atoms with Crippen molar-refractivity contribution in [3.05, 3.63) is 41.5 Å². The monoisotopic (exact) mass is 187 g/mol. The van der Waals surface area contributed by atoms with E-state index in [9.17, 15) is 0 Å². The Bertz CT molecular complexity index is 421. The van der Waals surface area contributed by atoms with Gasteiger partial charge in [-0.05, 0) is 31.9 Å². The largest absolute Gasteiger partial charge is 0.288 e. The molecule has 2 rings (SSSR count). The molecule has 0 N–H and O–H groups in total. The van der Waals surface area contributed by atoms with Crippen molar-refractivity contribution in [1.82, 2.24) is 14.8 Å². The molecule has 0 aliphatic heterocycles. The van der Waals surface area contributed by atoms with Crippen molar-refractivity contribution >= 4 is 0 Å². The fourth-order valence-electron chi connectivity index (χ4n) is 1.90. The van der Waals surface area contributed by atoms with Gasteiger partial charge in [0, 0.05) is 0 Å². The first kappa shape index (κ1) is 8.94. The zero-order valence-corrected chi connectivity index (χ0v) is 8.65. The molecule has 1 aromatic heterocycles. The average Bonchev–Trinajstić information content (AvgIpc) is 2.54. The van der Waals surface area contributed by atoms with Crippen LogP contribution in [0.3, 0.4) is 0 Å². The van der Waals surface area contributed by atoms with Gasteiger partial charge >= 0.3 is 0 Å². The molecule has 0 aliphatic rings. The summed E-state index contributed by atoms with van der Waals surface area (Å²) in [6, 6.07) is 4.34. The van der Waals surface area contributed by atoms with E-state index in [1.807, 2.05) is 4.57 Å². The smallest absolute Gasteiger partial charge is 0.123 e. The molecule has 0 bridgehead atoms. The van der Waals surface area contributed by atoms with Gasteiger partial charge in [0.2, 0.25) is 0 Å². The lowest BCUT2D eigenvalue weighted by Crippen LogP contribution is -1.98. The zero-order valence-electron chi connectivity index (χ0n) is 8.65. The number of rotatable bonds is 1. The molecule has 0 spiro atoms. The van der Waals surface area contributed by atoms with E-state index in [1.54, 1.807) is 12.7 Å². The van der Waals surface area contributed by atoms with Crippen LogP contribution in [0.15, 0.2) is 24.8 Å². The van der Waals surface area contributed by atoms with E-state index in [0.717, 1.165) is 0 Å². The molecule has 14 heavy (non-hydrogen) atoms. The highest BCUT2D eigenvalue weighted by Crippen LogP contribution is 2.19. The maximum Gasteiger partial charge on any atom is 0.123 e. The fraction of sp³-hybridized carbons (Fsp3) is 0.273. The molecular formula is C11H13N3. The highest BCUT2D eigenvalue weighted by atomic mass is 15.2. The molecule has 1 heterocycles. The second kappa shape index (κ2) is 3.25. The van der Waals surface area contributed by atoms with Crippen LogP contribution in [0.25, 0.3) is 5.69 Å². The third kappa shape index (κ3) is 1.41. The average molecular weight is 187 g/mol.